The molecule has 0 aromatic carbocycles. The highest BCUT2D eigenvalue weighted by molar-refractivity contribution is 5.85. The molecule has 0 bridgehead atoms. The minimum atomic E-state index is 0.195. The molecule has 24 heavy (non-hydrogen) atoms. The number of aromatic nitrogens is 2. The molecule has 0 spiro atoms. The summed E-state index contributed by atoms with van der Waals surface area (Å²) in [5, 5.41) is 0.976. The second kappa shape index (κ2) is 6.91. The summed E-state index contributed by atoms with van der Waals surface area (Å²) < 4.78 is 11.7. The molecule has 0 atom stereocenters. The van der Waals surface area contributed by atoms with E-state index in [2.05, 4.69) is 9.88 Å². The van der Waals surface area contributed by atoms with E-state index in [0.29, 0.717) is 11.9 Å². The number of rotatable bonds is 3. The molecule has 0 unspecified atom stereocenters. The highest BCUT2D eigenvalue weighted by Gasteiger charge is 2.22. The average Bonchev–Trinajstić information content (AvgIpc) is 2.64. The van der Waals surface area contributed by atoms with Crippen LogP contribution >= 0.6 is 0 Å². The van der Waals surface area contributed by atoms with Crippen LogP contribution in [-0.2, 0) is 4.74 Å². The number of hydrogen-bond acceptors (Lipinski definition) is 6. The van der Waals surface area contributed by atoms with Gasteiger partial charge in [0.25, 0.3) is 0 Å². The number of ether oxygens (including phenoxy) is 2. The Kier molecular flexibility index (Phi) is 4.49. The minimum Gasteiger partial charge on any atom is -0.474 e. The van der Waals surface area contributed by atoms with Gasteiger partial charge in [0, 0.05) is 31.4 Å². The van der Waals surface area contributed by atoms with Gasteiger partial charge in [0.15, 0.2) is 0 Å². The zero-order chi connectivity index (χ0) is 16.4. The Morgan fingerprint density at radius 1 is 1.17 bits per heavy atom. The predicted molar refractivity (Wildman–Crippen MR) is 93.4 cm³/mol. The van der Waals surface area contributed by atoms with Crippen LogP contribution in [0.1, 0.15) is 25.7 Å². The molecule has 128 valence electrons. The molecule has 2 aromatic heterocycles. The average molecular weight is 328 g/mol. The Morgan fingerprint density at radius 3 is 2.75 bits per heavy atom. The molecular formula is C18H24N4O2. The zero-order valence-corrected chi connectivity index (χ0v) is 13.9. The van der Waals surface area contributed by atoms with Gasteiger partial charge in [0.05, 0.1) is 24.1 Å². The van der Waals surface area contributed by atoms with Crippen LogP contribution in [0.2, 0.25) is 0 Å². The van der Waals surface area contributed by atoms with Crippen molar-refractivity contribution in [2.75, 3.05) is 31.2 Å². The predicted octanol–water partition coefficient (Wildman–Crippen LogP) is 2.12. The van der Waals surface area contributed by atoms with Gasteiger partial charge in [-0.2, -0.15) is 4.98 Å². The molecule has 4 rings (SSSR count). The number of nitrogens with two attached hydrogens (primary N) is 1. The number of morpholine rings is 1. The fourth-order valence-corrected chi connectivity index (χ4v) is 3.44. The van der Waals surface area contributed by atoms with Crippen LogP contribution in [0.15, 0.2) is 24.4 Å². The maximum absolute atomic E-state index is 6.28. The molecular weight excluding hydrogens is 304 g/mol. The van der Waals surface area contributed by atoms with Crippen molar-refractivity contribution in [2.24, 2.45) is 5.73 Å². The Balaban J connectivity index is 1.64. The first kappa shape index (κ1) is 15.6. The van der Waals surface area contributed by atoms with Crippen LogP contribution in [0.5, 0.6) is 5.88 Å². The van der Waals surface area contributed by atoms with Crippen LogP contribution in [-0.4, -0.2) is 48.4 Å². The lowest BCUT2D eigenvalue weighted by atomic mass is 9.94. The summed E-state index contributed by atoms with van der Waals surface area (Å²) >= 11 is 0. The monoisotopic (exact) mass is 328 g/mol. The highest BCUT2D eigenvalue weighted by atomic mass is 16.5. The van der Waals surface area contributed by atoms with Crippen molar-refractivity contribution in [1.29, 1.82) is 0 Å². The second-order valence-electron chi connectivity index (χ2n) is 6.61. The Bertz CT molecular complexity index is 694. The van der Waals surface area contributed by atoms with Crippen molar-refractivity contribution in [3.63, 3.8) is 0 Å². The summed E-state index contributed by atoms with van der Waals surface area (Å²) in [4.78, 5) is 11.6. The number of hydrogen-bond donors (Lipinski definition) is 1. The van der Waals surface area contributed by atoms with Crippen molar-refractivity contribution in [3.05, 3.63) is 24.4 Å². The third-order valence-electron chi connectivity index (χ3n) is 4.88. The third-order valence-corrected chi connectivity index (χ3v) is 4.88. The van der Waals surface area contributed by atoms with Gasteiger partial charge in [-0.15, -0.1) is 0 Å². The summed E-state index contributed by atoms with van der Waals surface area (Å²) in [6, 6.07) is 6.32. The second-order valence-corrected chi connectivity index (χ2v) is 6.61. The van der Waals surface area contributed by atoms with Crippen molar-refractivity contribution < 1.29 is 9.47 Å². The van der Waals surface area contributed by atoms with Crippen molar-refractivity contribution >= 4 is 16.7 Å². The highest BCUT2D eigenvalue weighted by Crippen LogP contribution is 2.30. The van der Waals surface area contributed by atoms with E-state index in [1.807, 2.05) is 24.4 Å². The molecule has 0 amide bonds. The maximum Gasteiger partial charge on any atom is 0.225 e. The number of anilines is 1. The number of pyridine rings is 2. The summed E-state index contributed by atoms with van der Waals surface area (Å²) in [5.74, 6) is 1.62. The van der Waals surface area contributed by atoms with E-state index in [1.54, 1.807) is 0 Å². The van der Waals surface area contributed by atoms with Crippen LogP contribution in [0.25, 0.3) is 10.9 Å². The molecule has 1 saturated heterocycles. The third kappa shape index (κ3) is 3.30. The van der Waals surface area contributed by atoms with Crippen LogP contribution in [0, 0.1) is 0 Å². The lowest BCUT2D eigenvalue weighted by Gasteiger charge is -2.29. The molecule has 2 aromatic rings. The lowest BCUT2D eigenvalue weighted by molar-refractivity contribution is 0.122. The molecule has 6 nitrogen and oxygen atoms in total. The van der Waals surface area contributed by atoms with Crippen LogP contribution in [0.4, 0.5) is 5.82 Å². The van der Waals surface area contributed by atoms with Gasteiger partial charge in [-0.3, -0.25) is 4.98 Å². The van der Waals surface area contributed by atoms with Crippen molar-refractivity contribution in [3.8, 4) is 5.88 Å². The van der Waals surface area contributed by atoms with Gasteiger partial charge in [0.2, 0.25) is 5.88 Å². The van der Waals surface area contributed by atoms with Gasteiger partial charge >= 0.3 is 0 Å². The molecule has 6 heteroatoms. The summed E-state index contributed by atoms with van der Waals surface area (Å²) in [6.45, 7) is 3.17. The summed E-state index contributed by atoms with van der Waals surface area (Å²) in [5.41, 5.74) is 6.93. The standard InChI is InChI=1S/C18H24N4O2/c19-13-3-5-14(6-4-13)24-18-15-2-1-7-20-16(15)12-17(21-18)22-8-10-23-11-9-22/h1-2,7,12-14H,3-6,8-11,19H2. The molecule has 2 aliphatic rings. The van der Waals surface area contributed by atoms with Gasteiger partial charge in [-0.05, 0) is 37.8 Å². The minimum absolute atomic E-state index is 0.195. The fraction of sp³-hybridized carbons (Fsp3) is 0.556. The van der Waals surface area contributed by atoms with Crippen LogP contribution < -0.4 is 15.4 Å². The van der Waals surface area contributed by atoms with Crippen molar-refractivity contribution in [2.45, 2.75) is 37.8 Å². The zero-order valence-electron chi connectivity index (χ0n) is 13.9. The fourth-order valence-electron chi connectivity index (χ4n) is 3.44. The van der Waals surface area contributed by atoms with E-state index < -0.39 is 0 Å². The number of fused-ring (bicyclic) bond motifs is 1. The smallest absolute Gasteiger partial charge is 0.225 e. The molecule has 1 aliphatic carbocycles. The normalized spacial score (nSPS) is 25.0. The SMILES string of the molecule is NC1CCC(Oc2nc(N3CCOCC3)cc3ncccc23)CC1. The number of nitrogens with zero attached hydrogens (tertiary/aromatic N) is 3. The maximum atomic E-state index is 6.28. The molecule has 2 fully saturated rings. The Morgan fingerprint density at radius 2 is 1.96 bits per heavy atom. The summed E-state index contributed by atoms with van der Waals surface area (Å²) in [7, 11) is 0. The van der Waals surface area contributed by atoms with E-state index in [0.717, 1.165) is 68.7 Å². The molecule has 1 saturated carbocycles. The Labute approximate surface area is 142 Å². The van der Waals surface area contributed by atoms with E-state index in [9.17, 15) is 0 Å². The first-order chi connectivity index (χ1) is 11.8. The molecule has 0 radical (unpaired) electrons. The first-order valence-corrected chi connectivity index (χ1v) is 8.80. The van der Waals surface area contributed by atoms with E-state index in [-0.39, 0.29) is 6.10 Å². The van der Waals surface area contributed by atoms with E-state index in [4.69, 9.17) is 20.2 Å². The molecule has 1 aliphatic heterocycles. The molecule has 3 heterocycles. The summed E-state index contributed by atoms with van der Waals surface area (Å²) in [6.07, 6.45) is 6.03. The first-order valence-electron chi connectivity index (χ1n) is 8.80. The van der Waals surface area contributed by atoms with Crippen LogP contribution in [0.3, 0.4) is 0 Å². The van der Waals surface area contributed by atoms with Crippen molar-refractivity contribution in [1.82, 2.24) is 9.97 Å². The van der Waals surface area contributed by atoms with Gasteiger partial charge in [-0.1, -0.05) is 0 Å². The largest absolute Gasteiger partial charge is 0.474 e. The van der Waals surface area contributed by atoms with Gasteiger partial charge in [-0.25, -0.2) is 0 Å². The lowest BCUT2D eigenvalue weighted by Crippen LogP contribution is -2.37. The Hall–Kier alpha value is -1.92. The quantitative estimate of drug-likeness (QED) is 0.930. The molecule has 2 N–H and O–H groups in total. The van der Waals surface area contributed by atoms with E-state index in [1.165, 1.54) is 0 Å². The van der Waals surface area contributed by atoms with E-state index >= 15 is 0 Å². The topological polar surface area (TPSA) is 73.5 Å². The van der Waals surface area contributed by atoms with Gasteiger partial charge < -0.3 is 20.1 Å². The van der Waals surface area contributed by atoms with Gasteiger partial charge in [0.1, 0.15) is 11.9 Å².